The van der Waals surface area contributed by atoms with Crippen LogP contribution in [-0.4, -0.2) is 67.1 Å². The number of amides is 2. The van der Waals surface area contributed by atoms with Crippen molar-refractivity contribution in [3.63, 3.8) is 0 Å². The Labute approximate surface area is 196 Å². The largest absolute Gasteiger partial charge is 0.479 e. The van der Waals surface area contributed by atoms with Crippen LogP contribution in [0.4, 0.5) is 17.1 Å². The van der Waals surface area contributed by atoms with E-state index in [9.17, 15) is 19.7 Å². The van der Waals surface area contributed by atoms with Gasteiger partial charge in [0.15, 0.2) is 6.10 Å². The van der Waals surface area contributed by atoms with Crippen molar-refractivity contribution in [1.29, 1.82) is 0 Å². The van der Waals surface area contributed by atoms with E-state index in [1.54, 1.807) is 48.2 Å². The van der Waals surface area contributed by atoms with E-state index >= 15 is 0 Å². The summed E-state index contributed by atoms with van der Waals surface area (Å²) in [4.78, 5) is 39.4. The summed E-state index contributed by atoms with van der Waals surface area (Å²) in [6.07, 6.45) is 2.30. The Morgan fingerprint density at radius 3 is 2.62 bits per heavy atom. The van der Waals surface area contributed by atoms with E-state index in [2.05, 4.69) is 10.2 Å². The lowest BCUT2D eigenvalue weighted by Gasteiger charge is -2.35. The van der Waals surface area contributed by atoms with Gasteiger partial charge >= 0.3 is 0 Å². The van der Waals surface area contributed by atoms with Gasteiger partial charge in [-0.1, -0.05) is 0 Å². The number of anilines is 2. The Morgan fingerprint density at radius 2 is 1.91 bits per heavy atom. The van der Waals surface area contributed by atoms with Crippen LogP contribution >= 0.6 is 0 Å². The highest BCUT2D eigenvalue weighted by Crippen LogP contribution is 2.36. The number of hydrogen-bond donors (Lipinski definition) is 1. The molecule has 1 fully saturated rings. The number of carbonyl (C=O) groups is 2. The number of rotatable bonds is 7. The van der Waals surface area contributed by atoms with Gasteiger partial charge in [0, 0.05) is 56.1 Å². The minimum absolute atomic E-state index is 0.0117. The average molecular weight is 466 g/mol. The molecule has 4 rings (SSSR count). The van der Waals surface area contributed by atoms with Gasteiger partial charge in [-0.15, -0.1) is 0 Å². The van der Waals surface area contributed by atoms with Crippen LogP contribution in [0.25, 0.3) is 6.08 Å². The zero-order valence-electron chi connectivity index (χ0n) is 18.8. The Morgan fingerprint density at radius 1 is 1.18 bits per heavy atom. The van der Waals surface area contributed by atoms with E-state index in [1.807, 2.05) is 0 Å². The maximum atomic E-state index is 12.7. The Hall–Kier alpha value is -3.76. The molecular formula is C24H26N4O6. The molecule has 2 heterocycles. The molecule has 0 aromatic heterocycles. The topological polar surface area (TPSA) is 114 Å². The highest BCUT2D eigenvalue weighted by Gasteiger charge is 2.32. The lowest BCUT2D eigenvalue weighted by atomic mass is 10.1. The van der Waals surface area contributed by atoms with Gasteiger partial charge in [0.05, 0.1) is 23.8 Å². The fraction of sp³-hybridized carbons (Fsp3) is 0.333. The van der Waals surface area contributed by atoms with Crippen LogP contribution in [-0.2, 0) is 14.3 Å². The van der Waals surface area contributed by atoms with Crippen molar-refractivity contribution < 1.29 is 24.0 Å². The second kappa shape index (κ2) is 10.4. The number of fused-ring (bicyclic) bond motifs is 1. The number of nitrogens with one attached hydrogen (secondary N) is 1. The van der Waals surface area contributed by atoms with Gasteiger partial charge in [0.25, 0.3) is 11.6 Å². The summed E-state index contributed by atoms with van der Waals surface area (Å²) in [7, 11) is 0. The van der Waals surface area contributed by atoms with Crippen molar-refractivity contribution in [2.24, 2.45) is 0 Å². The maximum Gasteiger partial charge on any atom is 0.269 e. The lowest BCUT2D eigenvalue weighted by molar-refractivity contribution is -0.384. The number of nitrogens with zero attached hydrogens (tertiary/aromatic N) is 3. The van der Waals surface area contributed by atoms with Gasteiger partial charge in [0.2, 0.25) is 5.91 Å². The highest BCUT2D eigenvalue weighted by molar-refractivity contribution is 6.03. The number of carbonyl (C=O) groups excluding carboxylic acids is 2. The Bertz CT molecular complexity index is 1100. The van der Waals surface area contributed by atoms with Crippen LogP contribution in [0.5, 0.6) is 5.75 Å². The van der Waals surface area contributed by atoms with Gasteiger partial charge < -0.3 is 19.7 Å². The summed E-state index contributed by atoms with van der Waals surface area (Å²) < 4.78 is 11.2. The zero-order chi connectivity index (χ0) is 24.1. The quantitative estimate of drug-likeness (QED) is 0.379. The molecule has 178 valence electrons. The molecule has 10 heteroatoms. The van der Waals surface area contributed by atoms with Crippen molar-refractivity contribution in [2.45, 2.75) is 13.0 Å². The molecule has 1 atom stereocenters. The van der Waals surface area contributed by atoms with Crippen LogP contribution < -0.4 is 15.0 Å². The first-order valence-corrected chi connectivity index (χ1v) is 11.1. The number of hydrogen-bond acceptors (Lipinski definition) is 7. The minimum Gasteiger partial charge on any atom is -0.479 e. The molecule has 0 bridgehead atoms. The van der Waals surface area contributed by atoms with E-state index in [0.717, 1.165) is 19.6 Å². The van der Waals surface area contributed by atoms with Crippen LogP contribution in [0.2, 0.25) is 0 Å². The maximum absolute atomic E-state index is 12.7. The Balaban J connectivity index is 1.41. The molecule has 2 aromatic carbocycles. The van der Waals surface area contributed by atoms with Crippen LogP contribution in [0, 0.1) is 10.1 Å². The molecular weight excluding hydrogens is 440 g/mol. The van der Waals surface area contributed by atoms with E-state index < -0.39 is 11.0 Å². The van der Waals surface area contributed by atoms with E-state index in [1.165, 1.54) is 18.2 Å². The van der Waals surface area contributed by atoms with Crippen LogP contribution in [0.15, 0.2) is 48.5 Å². The fourth-order valence-electron chi connectivity index (χ4n) is 3.85. The smallest absolute Gasteiger partial charge is 0.269 e. The molecule has 2 aliphatic rings. The number of nitro groups is 1. The predicted molar refractivity (Wildman–Crippen MR) is 127 cm³/mol. The van der Waals surface area contributed by atoms with Gasteiger partial charge in [-0.3, -0.25) is 24.6 Å². The first-order chi connectivity index (χ1) is 16.4. The molecule has 0 saturated carbocycles. The van der Waals surface area contributed by atoms with Crippen molar-refractivity contribution in [2.75, 3.05) is 49.6 Å². The number of morpholine rings is 1. The van der Waals surface area contributed by atoms with Crippen molar-refractivity contribution in [3.8, 4) is 5.75 Å². The summed E-state index contributed by atoms with van der Waals surface area (Å²) in [6.45, 7) is 6.09. The number of non-ortho nitro benzene ring substituents is 1. The van der Waals surface area contributed by atoms with Crippen LogP contribution in [0.3, 0.4) is 0 Å². The second-order valence-electron chi connectivity index (χ2n) is 8.06. The third-order valence-electron chi connectivity index (χ3n) is 5.71. The summed E-state index contributed by atoms with van der Waals surface area (Å²) in [5.74, 6) is 0.0808. The molecule has 2 aromatic rings. The zero-order valence-corrected chi connectivity index (χ0v) is 18.8. The van der Waals surface area contributed by atoms with E-state index in [4.69, 9.17) is 9.47 Å². The molecule has 1 unspecified atom stereocenters. The molecule has 1 saturated heterocycles. The molecule has 2 amide bonds. The molecule has 0 radical (unpaired) electrons. The highest BCUT2D eigenvalue weighted by atomic mass is 16.6. The van der Waals surface area contributed by atoms with Crippen molar-refractivity contribution in [1.82, 2.24) is 4.90 Å². The predicted octanol–water partition coefficient (Wildman–Crippen LogP) is 2.69. The molecule has 0 spiro atoms. The normalized spacial score (nSPS) is 18.4. The van der Waals surface area contributed by atoms with Gasteiger partial charge in [-0.25, -0.2) is 0 Å². The summed E-state index contributed by atoms with van der Waals surface area (Å²) in [6, 6.07) is 11.1. The standard InChI is InChI=1S/C24H26N4O6/c1-17-24(30)27(11-10-26-12-14-33-15-13-26)21-8-5-19(16-22(21)34-17)25-23(29)9-4-18-2-6-20(7-3-18)28(31)32/h2-9,16-17H,10-15H2,1H3,(H,25,29)/b9-4+. The van der Waals surface area contributed by atoms with Crippen molar-refractivity contribution in [3.05, 3.63) is 64.2 Å². The average Bonchev–Trinajstić information content (AvgIpc) is 2.84. The van der Waals surface area contributed by atoms with E-state index in [-0.39, 0.29) is 17.5 Å². The monoisotopic (exact) mass is 466 g/mol. The minimum atomic E-state index is -0.620. The lowest BCUT2D eigenvalue weighted by Crippen LogP contribution is -2.48. The Kier molecular flexibility index (Phi) is 7.19. The first-order valence-electron chi connectivity index (χ1n) is 11.1. The molecule has 1 N–H and O–H groups in total. The van der Waals surface area contributed by atoms with Crippen LogP contribution in [0.1, 0.15) is 12.5 Å². The summed E-state index contributed by atoms with van der Waals surface area (Å²) in [5.41, 5.74) is 1.86. The van der Waals surface area contributed by atoms with Crippen molar-refractivity contribution >= 4 is 35.0 Å². The summed E-state index contributed by atoms with van der Waals surface area (Å²) in [5, 5.41) is 13.5. The molecule has 0 aliphatic carbocycles. The van der Waals surface area contributed by atoms with Gasteiger partial charge in [0.1, 0.15) is 5.75 Å². The van der Waals surface area contributed by atoms with Gasteiger partial charge in [-0.2, -0.15) is 0 Å². The fourth-order valence-corrected chi connectivity index (χ4v) is 3.85. The number of ether oxygens (including phenoxy) is 2. The SMILES string of the molecule is CC1Oc2cc(NC(=O)/C=C/c3ccc([N+](=O)[O-])cc3)ccc2N(CCN2CCOCC2)C1=O. The second-order valence-corrected chi connectivity index (χ2v) is 8.06. The number of nitro benzene ring substituents is 1. The summed E-state index contributed by atoms with van der Waals surface area (Å²) >= 11 is 0. The molecule has 34 heavy (non-hydrogen) atoms. The number of benzene rings is 2. The molecule has 2 aliphatic heterocycles. The third-order valence-corrected chi connectivity index (χ3v) is 5.71. The van der Waals surface area contributed by atoms with Gasteiger partial charge in [-0.05, 0) is 42.8 Å². The molecule has 10 nitrogen and oxygen atoms in total. The van der Waals surface area contributed by atoms with E-state index in [0.29, 0.717) is 42.4 Å². The first kappa shape index (κ1) is 23.4. The third kappa shape index (κ3) is 5.59.